The predicted molar refractivity (Wildman–Crippen MR) is 78.3 cm³/mol. The molecule has 0 spiro atoms. The topological polar surface area (TPSA) is 37.4 Å². The number of hydrogen-bond acceptors (Lipinski definition) is 2. The number of allylic oxidation sites excluding steroid dienone is 2. The summed E-state index contributed by atoms with van der Waals surface area (Å²) in [5, 5.41) is 0. The van der Waals surface area contributed by atoms with E-state index in [9.17, 15) is 9.59 Å². The molecule has 0 N–H and O–H groups in total. The average molecular weight is 269 g/mol. The van der Waals surface area contributed by atoms with E-state index in [1.165, 1.54) is 16.0 Å². The van der Waals surface area contributed by atoms with E-state index < -0.39 is 0 Å². The lowest BCUT2D eigenvalue weighted by Crippen LogP contribution is -2.30. The number of carbonyl (C=O) groups excluding carboxylic acids is 2. The quantitative estimate of drug-likeness (QED) is 0.580. The Hall–Kier alpha value is -1.90. The van der Waals surface area contributed by atoms with Crippen LogP contribution in [-0.4, -0.2) is 11.8 Å². The van der Waals surface area contributed by atoms with Crippen LogP contribution in [0.4, 0.5) is 5.69 Å². The SMILES string of the molecule is CC1=C(C)CC2C(=O)N(c3ccc(C)cc3)C(=O)C2C1. The summed E-state index contributed by atoms with van der Waals surface area (Å²) in [6, 6.07) is 7.59. The van der Waals surface area contributed by atoms with Crippen LogP contribution >= 0.6 is 0 Å². The highest BCUT2D eigenvalue weighted by molar-refractivity contribution is 6.22. The van der Waals surface area contributed by atoms with Gasteiger partial charge in [0.1, 0.15) is 0 Å². The minimum Gasteiger partial charge on any atom is -0.274 e. The lowest BCUT2D eigenvalue weighted by molar-refractivity contribution is -0.122. The van der Waals surface area contributed by atoms with Gasteiger partial charge in [0, 0.05) is 0 Å². The van der Waals surface area contributed by atoms with Crippen LogP contribution in [0, 0.1) is 18.8 Å². The summed E-state index contributed by atoms with van der Waals surface area (Å²) in [7, 11) is 0. The van der Waals surface area contributed by atoms with E-state index in [0.29, 0.717) is 5.69 Å². The molecule has 1 aromatic carbocycles. The molecule has 2 aliphatic rings. The Labute approximate surface area is 119 Å². The van der Waals surface area contributed by atoms with E-state index in [0.717, 1.165) is 18.4 Å². The molecule has 3 rings (SSSR count). The fraction of sp³-hybridized carbons (Fsp3) is 0.412. The van der Waals surface area contributed by atoms with Gasteiger partial charge in [0.15, 0.2) is 0 Å². The molecule has 2 unspecified atom stereocenters. The predicted octanol–water partition coefficient (Wildman–Crippen LogP) is 3.23. The number of amides is 2. The van der Waals surface area contributed by atoms with Crippen LogP contribution in [0.25, 0.3) is 0 Å². The highest BCUT2D eigenvalue weighted by atomic mass is 16.2. The minimum atomic E-state index is -0.160. The molecule has 104 valence electrons. The third-order valence-electron chi connectivity index (χ3n) is 4.63. The Morgan fingerprint density at radius 2 is 1.30 bits per heavy atom. The third-order valence-corrected chi connectivity index (χ3v) is 4.63. The van der Waals surface area contributed by atoms with Gasteiger partial charge in [-0.05, 0) is 45.7 Å². The molecule has 0 bridgehead atoms. The van der Waals surface area contributed by atoms with Gasteiger partial charge >= 0.3 is 0 Å². The van der Waals surface area contributed by atoms with E-state index in [1.54, 1.807) is 0 Å². The van der Waals surface area contributed by atoms with Gasteiger partial charge in [-0.2, -0.15) is 0 Å². The molecular formula is C17H19NO2. The first-order valence-corrected chi connectivity index (χ1v) is 7.08. The first-order chi connectivity index (χ1) is 9.49. The van der Waals surface area contributed by atoms with Crippen LogP contribution in [0.2, 0.25) is 0 Å². The number of imide groups is 1. The molecule has 0 aromatic heterocycles. The Balaban J connectivity index is 1.95. The van der Waals surface area contributed by atoms with Crippen molar-refractivity contribution in [2.75, 3.05) is 4.90 Å². The smallest absolute Gasteiger partial charge is 0.238 e. The molecule has 1 heterocycles. The lowest BCUT2D eigenvalue weighted by atomic mass is 9.78. The number of aryl methyl sites for hydroxylation is 1. The van der Waals surface area contributed by atoms with Gasteiger partial charge in [-0.25, -0.2) is 0 Å². The van der Waals surface area contributed by atoms with Crippen LogP contribution in [0.15, 0.2) is 35.4 Å². The van der Waals surface area contributed by atoms with E-state index >= 15 is 0 Å². The van der Waals surface area contributed by atoms with E-state index in [-0.39, 0.29) is 23.7 Å². The molecule has 20 heavy (non-hydrogen) atoms. The van der Waals surface area contributed by atoms with Gasteiger partial charge in [0.25, 0.3) is 0 Å². The zero-order valence-corrected chi connectivity index (χ0v) is 12.1. The Morgan fingerprint density at radius 3 is 1.75 bits per heavy atom. The van der Waals surface area contributed by atoms with Gasteiger partial charge < -0.3 is 0 Å². The van der Waals surface area contributed by atoms with Gasteiger partial charge in [0.2, 0.25) is 11.8 Å². The van der Waals surface area contributed by atoms with E-state index in [1.807, 2.05) is 31.2 Å². The first-order valence-electron chi connectivity index (χ1n) is 7.08. The molecule has 1 aliphatic heterocycles. The van der Waals surface area contributed by atoms with Crippen molar-refractivity contribution in [2.24, 2.45) is 11.8 Å². The summed E-state index contributed by atoms with van der Waals surface area (Å²) in [6.45, 7) is 6.13. The zero-order chi connectivity index (χ0) is 14.4. The minimum absolute atomic E-state index is 0.0318. The number of fused-ring (bicyclic) bond motifs is 1. The van der Waals surface area contributed by atoms with E-state index in [2.05, 4.69) is 13.8 Å². The summed E-state index contributed by atoms with van der Waals surface area (Å²) in [6.07, 6.45) is 1.45. The van der Waals surface area contributed by atoms with Crippen LogP contribution < -0.4 is 4.90 Å². The highest BCUT2D eigenvalue weighted by Crippen LogP contribution is 2.42. The molecule has 3 heteroatoms. The summed E-state index contributed by atoms with van der Waals surface area (Å²) < 4.78 is 0. The number of carbonyl (C=O) groups is 2. The van der Waals surface area contributed by atoms with Crippen molar-refractivity contribution in [1.82, 2.24) is 0 Å². The average Bonchev–Trinajstić information content (AvgIpc) is 2.65. The molecule has 1 saturated heterocycles. The Bertz CT molecular complexity index is 580. The van der Waals surface area contributed by atoms with Crippen LogP contribution in [-0.2, 0) is 9.59 Å². The molecule has 1 aromatic rings. The molecule has 2 amide bonds. The normalized spacial score (nSPS) is 26.2. The largest absolute Gasteiger partial charge is 0.274 e. The summed E-state index contributed by atoms with van der Waals surface area (Å²) in [4.78, 5) is 26.5. The molecular weight excluding hydrogens is 250 g/mol. The number of rotatable bonds is 1. The van der Waals surface area contributed by atoms with Crippen molar-refractivity contribution < 1.29 is 9.59 Å². The Morgan fingerprint density at radius 1 is 0.850 bits per heavy atom. The van der Waals surface area contributed by atoms with Crippen molar-refractivity contribution in [3.63, 3.8) is 0 Å². The van der Waals surface area contributed by atoms with Gasteiger partial charge in [0.05, 0.1) is 17.5 Å². The van der Waals surface area contributed by atoms with Crippen molar-refractivity contribution in [3.05, 3.63) is 41.0 Å². The van der Waals surface area contributed by atoms with Crippen molar-refractivity contribution in [2.45, 2.75) is 33.6 Å². The van der Waals surface area contributed by atoms with Crippen molar-refractivity contribution >= 4 is 17.5 Å². The monoisotopic (exact) mass is 269 g/mol. The lowest BCUT2D eigenvalue weighted by Gasteiger charge is -2.23. The second-order valence-corrected chi connectivity index (χ2v) is 6.03. The molecule has 0 radical (unpaired) electrons. The number of anilines is 1. The molecule has 0 saturated carbocycles. The second kappa shape index (κ2) is 4.58. The molecule has 2 atom stereocenters. The maximum Gasteiger partial charge on any atom is 0.238 e. The van der Waals surface area contributed by atoms with Crippen LogP contribution in [0.5, 0.6) is 0 Å². The standard InChI is InChI=1S/C17H19NO2/c1-10-4-6-13(7-5-10)18-16(19)14-8-11(2)12(3)9-15(14)17(18)20/h4-7,14-15H,8-9H2,1-3H3. The first kappa shape index (κ1) is 13.1. The number of nitrogens with zero attached hydrogens (tertiary/aromatic N) is 1. The number of benzene rings is 1. The number of hydrogen-bond donors (Lipinski definition) is 0. The van der Waals surface area contributed by atoms with Gasteiger partial charge in [-0.3, -0.25) is 14.5 Å². The van der Waals surface area contributed by atoms with Crippen LogP contribution in [0.1, 0.15) is 32.3 Å². The second-order valence-electron chi connectivity index (χ2n) is 6.03. The fourth-order valence-electron chi connectivity index (χ4n) is 3.20. The summed E-state index contributed by atoms with van der Waals surface area (Å²) in [5.74, 6) is -0.383. The maximum absolute atomic E-state index is 12.6. The van der Waals surface area contributed by atoms with Crippen molar-refractivity contribution in [1.29, 1.82) is 0 Å². The van der Waals surface area contributed by atoms with E-state index in [4.69, 9.17) is 0 Å². The zero-order valence-electron chi connectivity index (χ0n) is 12.1. The summed E-state index contributed by atoms with van der Waals surface area (Å²) in [5.41, 5.74) is 4.35. The Kier molecular flexibility index (Phi) is 3.00. The van der Waals surface area contributed by atoms with Crippen LogP contribution in [0.3, 0.4) is 0 Å². The molecule has 1 aliphatic carbocycles. The maximum atomic E-state index is 12.6. The summed E-state index contributed by atoms with van der Waals surface area (Å²) >= 11 is 0. The van der Waals surface area contributed by atoms with Gasteiger partial charge in [-0.1, -0.05) is 28.8 Å². The van der Waals surface area contributed by atoms with Gasteiger partial charge in [-0.15, -0.1) is 0 Å². The third kappa shape index (κ3) is 1.89. The van der Waals surface area contributed by atoms with Crippen molar-refractivity contribution in [3.8, 4) is 0 Å². The molecule has 1 fully saturated rings. The highest BCUT2D eigenvalue weighted by Gasteiger charge is 2.49. The molecule has 3 nitrogen and oxygen atoms in total. The fourth-order valence-corrected chi connectivity index (χ4v) is 3.20.